The quantitative estimate of drug-likeness (QED) is 0.460. The van der Waals surface area contributed by atoms with E-state index in [2.05, 4.69) is 9.50 Å². The van der Waals surface area contributed by atoms with Crippen LogP contribution in [0.5, 0.6) is 5.75 Å². The first-order chi connectivity index (χ1) is 12.3. The summed E-state index contributed by atoms with van der Waals surface area (Å²) < 4.78 is 69.3. The molecule has 0 heterocycles. The molecule has 27 heavy (non-hydrogen) atoms. The summed E-state index contributed by atoms with van der Waals surface area (Å²) in [7, 11) is -5.73. The summed E-state index contributed by atoms with van der Waals surface area (Å²) in [6.07, 6.45) is 2.10. The van der Waals surface area contributed by atoms with Crippen LogP contribution in [0.3, 0.4) is 0 Å². The predicted molar refractivity (Wildman–Crippen MR) is 91.7 cm³/mol. The van der Waals surface area contributed by atoms with Crippen LogP contribution in [-0.4, -0.2) is 25.6 Å². The monoisotopic (exact) mass is 409 g/mol. The van der Waals surface area contributed by atoms with Gasteiger partial charge in [-0.3, -0.25) is 0 Å². The number of alkyl carbamates (subject to hydrolysis) is 1. The third-order valence-corrected chi connectivity index (χ3v) is 4.84. The number of hydrogen-bond acceptors (Lipinski definition) is 5. The van der Waals surface area contributed by atoms with Crippen molar-refractivity contribution in [3.8, 4) is 5.75 Å². The Morgan fingerprint density at radius 2 is 1.85 bits per heavy atom. The molecular weight excluding hydrogens is 387 g/mol. The summed E-state index contributed by atoms with van der Waals surface area (Å²) in [5, 5.41) is 2.76. The van der Waals surface area contributed by atoms with E-state index in [-0.39, 0.29) is 6.04 Å². The molecule has 10 heteroatoms. The van der Waals surface area contributed by atoms with Gasteiger partial charge in [0.1, 0.15) is 11.4 Å². The lowest BCUT2D eigenvalue weighted by Gasteiger charge is -2.24. The van der Waals surface area contributed by atoms with Gasteiger partial charge in [0.05, 0.1) is 6.04 Å². The van der Waals surface area contributed by atoms with Crippen LogP contribution in [0.25, 0.3) is 0 Å². The Bertz CT molecular complexity index is 800. The first kappa shape index (κ1) is 21.3. The summed E-state index contributed by atoms with van der Waals surface area (Å²) in [6, 6.07) is 3.51. The van der Waals surface area contributed by atoms with Gasteiger partial charge in [-0.15, -0.1) is 0 Å². The minimum atomic E-state index is -5.73. The Morgan fingerprint density at radius 1 is 1.19 bits per heavy atom. The van der Waals surface area contributed by atoms with Crippen molar-refractivity contribution in [2.75, 3.05) is 0 Å². The molecule has 1 aliphatic carbocycles. The molecule has 2 rings (SSSR count). The maximum Gasteiger partial charge on any atom is 0.534 e. The number of carbonyl (C=O) groups excluding carboxylic acids is 1. The topological polar surface area (TPSA) is 81.7 Å². The molecule has 1 amide bonds. The summed E-state index contributed by atoms with van der Waals surface area (Å²) >= 11 is 0. The number of nitrogens with one attached hydrogen (secondary N) is 1. The second kappa shape index (κ2) is 7.57. The molecule has 1 aliphatic rings. The number of fused-ring (bicyclic) bond motifs is 1. The minimum Gasteiger partial charge on any atom is -0.444 e. The number of alkyl halides is 3. The van der Waals surface area contributed by atoms with Crippen molar-refractivity contribution in [3.05, 3.63) is 29.3 Å². The van der Waals surface area contributed by atoms with E-state index in [1.807, 2.05) is 0 Å². The average molecular weight is 409 g/mol. The third-order valence-electron chi connectivity index (χ3n) is 3.86. The molecule has 0 aliphatic heterocycles. The van der Waals surface area contributed by atoms with Gasteiger partial charge >= 0.3 is 21.7 Å². The van der Waals surface area contributed by atoms with Gasteiger partial charge in [-0.05, 0) is 63.3 Å². The Kier molecular flexibility index (Phi) is 5.98. The lowest BCUT2D eigenvalue weighted by molar-refractivity contribution is -0.0500. The second-order valence-electron chi connectivity index (χ2n) is 7.29. The SMILES string of the molecule is CC(C)(C)OC(=O)N[C@@H]1CCCCc2cc(OS(=O)(=O)C(F)(F)F)ccc21. The van der Waals surface area contributed by atoms with Crippen LogP contribution >= 0.6 is 0 Å². The molecule has 152 valence electrons. The Balaban J connectivity index is 2.23. The van der Waals surface area contributed by atoms with E-state index < -0.39 is 33.1 Å². The van der Waals surface area contributed by atoms with E-state index >= 15 is 0 Å². The fourth-order valence-electron chi connectivity index (χ4n) is 2.78. The summed E-state index contributed by atoms with van der Waals surface area (Å²) in [6.45, 7) is 5.20. The normalized spacial score (nSPS) is 18.2. The van der Waals surface area contributed by atoms with Gasteiger partial charge in [-0.2, -0.15) is 21.6 Å². The highest BCUT2D eigenvalue weighted by Crippen LogP contribution is 2.33. The zero-order valence-electron chi connectivity index (χ0n) is 15.2. The largest absolute Gasteiger partial charge is 0.534 e. The Labute approximate surface area is 156 Å². The molecule has 1 N–H and O–H groups in total. The van der Waals surface area contributed by atoms with E-state index in [0.717, 1.165) is 18.9 Å². The van der Waals surface area contributed by atoms with Gasteiger partial charge in [0.2, 0.25) is 0 Å². The zero-order chi connectivity index (χ0) is 20.5. The maximum absolute atomic E-state index is 12.5. The zero-order valence-corrected chi connectivity index (χ0v) is 16.0. The van der Waals surface area contributed by atoms with Crippen molar-refractivity contribution in [1.29, 1.82) is 0 Å². The van der Waals surface area contributed by atoms with Gasteiger partial charge in [-0.1, -0.05) is 12.5 Å². The first-order valence-corrected chi connectivity index (χ1v) is 9.82. The van der Waals surface area contributed by atoms with Crippen molar-refractivity contribution >= 4 is 16.2 Å². The maximum atomic E-state index is 12.5. The Morgan fingerprint density at radius 3 is 2.44 bits per heavy atom. The van der Waals surface area contributed by atoms with Gasteiger partial charge in [0.15, 0.2) is 0 Å². The molecule has 1 atom stereocenters. The fourth-order valence-corrected chi connectivity index (χ4v) is 3.23. The van der Waals surface area contributed by atoms with Crippen molar-refractivity contribution in [3.63, 3.8) is 0 Å². The summed E-state index contributed by atoms with van der Waals surface area (Å²) in [5.74, 6) is -0.413. The van der Waals surface area contributed by atoms with Crippen molar-refractivity contribution in [2.45, 2.75) is 63.6 Å². The lowest BCUT2D eigenvalue weighted by Crippen LogP contribution is -2.35. The molecule has 1 aromatic carbocycles. The van der Waals surface area contributed by atoms with Crippen LogP contribution in [-0.2, 0) is 21.3 Å². The Hall–Kier alpha value is -1.97. The smallest absolute Gasteiger partial charge is 0.444 e. The molecule has 1 aromatic rings. The standard InChI is InChI=1S/C17H22F3NO5S/c1-16(2,3)25-15(22)21-14-7-5-4-6-11-10-12(8-9-13(11)14)26-27(23,24)17(18,19)20/h8-10,14H,4-7H2,1-3H3,(H,21,22)/t14-/m1/s1. The number of benzene rings is 1. The molecule has 0 unspecified atom stereocenters. The number of aryl methyl sites for hydroxylation is 1. The number of halogens is 3. The van der Waals surface area contributed by atoms with E-state index in [4.69, 9.17) is 4.74 Å². The molecule has 0 fully saturated rings. The summed E-state index contributed by atoms with van der Waals surface area (Å²) in [4.78, 5) is 12.1. The number of hydrogen-bond donors (Lipinski definition) is 1. The molecule has 0 saturated carbocycles. The van der Waals surface area contributed by atoms with Crippen molar-refractivity contribution in [2.24, 2.45) is 0 Å². The third kappa shape index (κ3) is 5.75. The lowest BCUT2D eigenvalue weighted by atomic mass is 9.99. The van der Waals surface area contributed by atoms with Gasteiger partial charge in [0.25, 0.3) is 0 Å². The molecule has 0 spiro atoms. The van der Waals surface area contributed by atoms with Crippen LogP contribution in [0.1, 0.15) is 57.2 Å². The first-order valence-electron chi connectivity index (χ1n) is 8.41. The van der Waals surface area contributed by atoms with E-state index in [0.29, 0.717) is 24.0 Å². The number of ether oxygens (including phenoxy) is 1. The van der Waals surface area contributed by atoms with Crippen LogP contribution in [0, 0.1) is 0 Å². The van der Waals surface area contributed by atoms with Crippen molar-refractivity contribution < 1.29 is 35.3 Å². The fraction of sp³-hybridized carbons (Fsp3) is 0.588. The summed E-state index contributed by atoms with van der Waals surface area (Å²) in [5.41, 5.74) is -4.83. The second-order valence-corrected chi connectivity index (χ2v) is 8.83. The highest BCUT2D eigenvalue weighted by atomic mass is 32.2. The van der Waals surface area contributed by atoms with Gasteiger partial charge in [0, 0.05) is 0 Å². The molecule has 0 bridgehead atoms. The molecule has 0 saturated heterocycles. The van der Waals surface area contributed by atoms with Crippen LogP contribution < -0.4 is 9.50 Å². The highest BCUT2D eigenvalue weighted by Gasteiger charge is 2.48. The molecule has 0 radical (unpaired) electrons. The van der Waals surface area contributed by atoms with Crippen LogP contribution in [0.2, 0.25) is 0 Å². The van der Waals surface area contributed by atoms with E-state index in [1.165, 1.54) is 12.1 Å². The van der Waals surface area contributed by atoms with E-state index in [9.17, 15) is 26.4 Å². The number of carbonyl (C=O) groups is 1. The molecular formula is C17H22F3NO5S. The van der Waals surface area contributed by atoms with Crippen molar-refractivity contribution in [1.82, 2.24) is 5.32 Å². The number of rotatable bonds is 3. The van der Waals surface area contributed by atoms with Crippen LogP contribution in [0.15, 0.2) is 18.2 Å². The van der Waals surface area contributed by atoms with Gasteiger partial charge < -0.3 is 14.2 Å². The highest BCUT2D eigenvalue weighted by molar-refractivity contribution is 7.88. The van der Waals surface area contributed by atoms with Crippen LogP contribution in [0.4, 0.5) is 18.0 Å². The van der Waals surface area contributed by atoms with E-state index in [1.54, 1.807) is 20.8 Å². The molecule has 0 aromatic heterocycles. The average Bonchev–Trinajstić information content (AvgIpc) is 2.66. The predicted octanol–water partition coefficient (Wildman–Crippen LogP) is 4.21. The van der Waals surface area contributed by atoms with Gasteiger partial charge in [-0.25, -0.2) is 4.79 Å². The minimum absolute atomic E-state index is 0.384. The number of amides is 1. The molecule has 6 nitrogen and oxygen atoms in total.